The van der Waals surface area contributed by atoms with Crippen molar-refractivity contribution in [1.29, 1.82) is 0 Å². The molecule has 230 valence electrons. The van der Waals surface area contributed by atoms with Crippen LogP contribution in [0.3, 0.4) is 0 Å². The first-order valence-electron chi connectivity index (χ1n) is 14.6. The van der Waals surface area contributed by atoms with Gasteiger partial charge in [-0.05, 0) is 77.4 Å². The molecule has 9 nitrogen and oxygen atoms in total. The van der Waals surface area contributed by atoms with Crippen molar-refractivity contribution in [3.8, 4) is 28.2 Å². The van der Waals surface area contributed by atoms with Crippen LogP contribution in [0, 0.1) is 0 Å². The second kappa shape index (κ2) is 11.9. The first kappa shape index (κ1) is 29.5. The number of nitrogens with one attached hydrogen (secondary N) is 2. The Kier molecular flexibility index (Phi) is 7.47. The molecular formula is C37H25N3O6S. The zero-order valence-electron chi connectivity index (χ0n) is 24.6. The number of aromatic hydroxyl groups is 1. The summed E-state index contributed by atoms with van der Waals surface area (Å²) in [5, 5.41) is 27.0. The summed E-state index contributed by atoms with van der Waals surface area (Å²) in [5.41, 5.74) is 5.10. The Morgan fingerprint density at radius 2 is 1.49 bits per heavy atom. The van der Waals surface area contributed by atoms with Crippen LogP contribution < -0.4 is 21.0 Å². The highest BCUT2D eigenvalue weighted by atomic mass is 32.1. The van der Waals surface area contributed by atoms with Gasteiger partial charge >= 0.3 is 5.97 Å². The van der Waals surface area contributed by atoms with Crippen LogP contribution in [0.2, 0.25) is 0 Å². The van der Waals surface area contributed by atoms with E-state index in [1.165, 1.54) is 30.3 Å². The van der Waals surface area contributed by atoms with E-state index < -0.39 is 5.97 Å². The van der Waals surface area contributed by atoms with Crippen molar-refractivity contribution in [2.75, 3.05) is 16.8 Å². The lowest BCUT2D eigenvalue weighted by Crippen LogP contribution is -2.39. The molecule has 4 aromatic rings. The molecule has 0 radical (unpaired) electrons. The number of hydrogen-bond donors (Lipinski definition) is 4. The highest BCUT2D eigenvalue weighted by molar-refractivity contribution is 7.80. The van der Waals surface area contributed by atoms with Gasteiger partial charge in [0, 0.05) is 34.3 Å². The summed E-state index contributed by atoms with van der Waals surface area (Å²) in [6, 6.07) is 28.9. The average molecular weight is 640 g/mol. The molecule has 7 rings (SSSR count). The Bertz CT molecular complexity index is 2260. The maximum Gasteiger partial charge on any atom is 0.336 e. The largest absolute Gasteiger partial charge is 0.508 e. The molecule has 2 aliphatic heterocycles. The summed E-state index contributed by atoms with van der Waals surface area (Å²) in [7, 11) is 0. The summed E-state index contributed by atoms with van der Waals surface area (Å²) >= 11 is 5.51. The third kappa shape index (κ3) is 5.58. The van der Waals surface area contributed by atoms with E-state index in [-0.39, 0.29) is 45.6 Å². The molecule has 4 N–H and O–H groups in total. The number of carboxylic acid groups (broad SMARTS) is 1. The monoisotopic (exact) mass is 639 g/mol. The van der Waals surface area contributed by atoms with Crippen molar-refractivity contribution in [1.82, 2.24) is 5.32 Å². The lowest BCUT2D eigenvalue weighted by molar-refractivity contribution is -0.116. The SMILES string of the molecule is O=C(O)c1cc(NC(=S)NCC(=O)N2c3ccccc3C=Cc3ccccc32)ccc1-c1c2ccc(=O)cc-2oc2cc(O)ccc12. The quantitative estimate of drug-likeness (QED) is 0.115. The number of aromatic carboxylic acids is 1. The van der Waals surface area contributed by atoms with Gasteiger partial charge in [0.05, 0.1) is 23.5 Å². The van der Waals surface area contributed by atoms with Gasteiger partial charge in [-0.2, -0.15) is 0 Å². The summed E-state index contributed by atoms with van der Waals surface area (Å²) in [6.07, 6.45) is 3.96. The molecule has 47 heavy (non-hydrogen) atoms. The number of hydrogen-bond acceptors (Lipinski definition) is 6. The first-order valence-corrected chi connectivity index (χ1v) is 15.0. The van der Waals surface area contributed by atoms with Crippen LogP contribution in [0.15, 0.2) is 112 Å². The van der Waals surface area contributed by atoms with Crippen molar-refractivity contribution >= 4 is 69.4 Å². The number of amides is 1. The normalized spacial score (nSPS) is 11.9. The molecule has 4 aromatic carbocycles. The van der Waals surface area contributed by atoms with Gasteiger partial charge in [0.2, 0.25) is 0 Å². The van der Waals surface area contributed by atoms with Gasteiger partial charge in [-0.15, -0.1) is 0 Å². The Morgan fingerprint density at radius 3 is 2.19 bits per heavy atom. The lowest BCUT2D eigenvalue weighted by Gasteiger charge is -2.25. The molecule has 0 saturated carbocycles. The van der Waals surface area contributed by atoms with Crippen LogP contribution in [-0.4, -0.2) is 33.7 Å². The maximum atomic E-state index is 13.7. The summed E-state index contributed by atoms with van der Waals surface area (Å²) < 4.78 is 5.90. The van der Waals surface area contributed by atoms with Gasteiger partial charge in [-0.3, -0.25) is 14.5 Å². The number of carboxylic acids is 1. The van der Waals surface area contributed by atoms with Crippen LogP contribution in [0.4, 0.5) is 17.1 Å². The average Bonchev–Trinajstić information content (AvgIpc) is 3.23. The fourth-order valence-electron chi connectivity index (χ4n) is 5.82. The van der Waals surface area contributed by atoms with E-state index in [1.807, 2.05) is 60.7 Å². The number of thiocarbonyl (C=S) groups is 1. The third-order valence-corrected chi connectivity index (χ3v) is 8.15. The summed E-state index contributed by atoms with van der Waals surface area (Å²) in [4.78, 5) is 40.0. The number of rotatable bonds is 5. The minimum absolute atomic E-state index is 0.0350. The number of benzene rings is 5. The number of phenolic OH excluding ortho intramolecular Hbond substituents is 1. The van der Waals surface area contributed by atoms with E-state index in [2.05, 4.69) is 10.6 Å². The molecule has 1 amide bonds. The standard InChI is InChI=1S/C37H25N3O6S/c41-24-12-15-27-32(18-24)46-33-19-25(42)13-16-28(33)35(27)26-14-11-23(17-29(26)36(44)45)39-37(47)38-20-34(43)40-30-7-3-1-5-21(30)9-10-22-6-2-4-8-31(22)40/h1-19,41H,20H2,(H,44,45)(H2,38,39,47). The van der Waals surface area contributed by atoms with Gasteiger partial charge in [-0.25, -0.2) is 4.79 Å². The highest BCUT2D eigenvalue weighted by Crippen LogP contribution is 2.42. The van der Waals surface area contributed by atoms with E-state index in [1.54, 1.807) is 29.2 Å². The predicted molar refractivity (Wildman–Crippen MR) is 186 cm³/mol. The molecule has 0 saturated heterocycles. The van der Waals surface area contributed by atoms with Crippen LogP contribution in [0.5, 0.6) is 5.75 Å². The number of phenols is 1. The second-order valence-corrected chi connectivity index (χ2v) is 11.3. The maximum absolute atomic E-state index is 13.7. The zero-order chi connectivity index (χ0) is 32.7. The number of anilines is 3. The number of nitrogens with zero attached hydrogens (tertiary/aromatic N) is 1. The van der Waals surface area contributed by atoms with Crippen molar-refractivity contribution < 1.29 is 24.2 Å². The Labute approximate surface area is 273 Å². The van der Waals surface area contributed by atoms with Crippen molar-refractivity contribution in [2.24, 2.45) is 0 Å². The van der Waals surface area contributed by atoms with Gasteiger partial charge in [0.25, 0.3) is 5.91 Å². The number of carbonyl (C=O) groups is 2. The van der Waals surface area contributed by atoms with Gasteiger partial charge in [0.15, 0.2) is 10.5 Å². The fraction of sp³-hybridized carbons (Fsp3) is 0.0270. The number of para-hydroxylation sites is 2. The fourth-order valence-corrected chi connectivity index (χ4v) is 6.01. The molecule has 0 atom stereocenters. The predicted octanol–water partition coefficient (Wildman–Crippen LogP) is 7.10. The molecule has 0 spiro atoms. The zero-order valence-corrected chi connectivity index (χ0v) is 25.4. The molecule has 10 heteroatoms. The minimum atomic E-state index is -1.19. The second-order valence-electron chi connectivity index (χ2n) is 10.9. The van der Waals surface area contributed by atoms with Gasteiger partial charge < -0.3 is 25.3 Å². The number of carbonyl (C=O) groups excluding carboxylic acids is 1. The topological polar surface area (TPSA) is 132 Å². The van der Waals surface area contributed by atoms with Gasteiger partial charge in [0.1, 0.15) is 17.1 Å². The molecule has 0 fully saturated rings. The highest BCUT2D eigenvalue weighted by Gasteiger charge is 2.25. The molecule has 0 unspecified atom stereocenters. The van der Waals surface area contributed by atoms with Crippen LogP contribution in [-0.2, 0) is 4.79 Å². The Balaban J connectivity index is 1.17. The molecule has 2 heterocycles. The Morgan fingerprint density at radius 1 is 0.809 bits per heavy atom. The minimum Gasteiger partial charge on any atom is -0.508 e. The van der Waals surface area contributed by atoms with Gasteiger partial charge in [-0.1, -0.05) is 54.6 Å². The molecule has 1 aliphatic carbocycles. The van der Waals surface area contributed by atoms with Crippen molar-refractivity contribution in [2.45, 2.75) is 0 Å². The van der Waals surface area contributed by atoms with Crippen molar-refractivity contribution in [3.63, 3.8) is 0 Å². The first-order chi connectivity index (χ1) is 22.8. The third-order valence-electron chi connectivity index (χ3n) is 7.90. The van der Waals surface area contributed by atoms with E-state index >= 15 is 0 Å². The summed E-state index contributed by atoms with van der Waals surface area (Å²) in [6.45, 7) is -0.127. The summed E-state index contributed by atoms with van der Waals surface area (Å²) in [5.74, 6) is -1.21. The van der Waals surface area contributed by atoms with E-state index in [0.29, 0.717) is 27.8 Å². The van der Waals surface area contributed by atoms with E-state index in [9.17, 15) is 24.6 Å². The lowest BCUT2D eigenvalue weighted by atomic mass is 9.90. The Hall–Kier alpha value is -6.26. The van der Waals surface area contributed by atoms with Crippen LogP contribution >= 0.6 is 12.2 Å². The molecule has 0 aromatic heterocycles. The van der Waals surface area contributed by atoms with Crippen LogP contribution in [0.1, 0.15) is 21.5 Å². The van der Waals surface area contributed by atoms with E-state index in [4.69, 9.17) is 16.6 Å². The smallest absolute Gasteiger partial charge is 0.336 e. The number of fused-ring (bicyclic) bond motifs is 4. The molecule has 3 aliphatic rings. The van der Waals surface area contributed by atoms with Crippen molar-refractivity contribution in [3.05, 3.63) is 130 Å². The van der Waals surface area contributed by atoms with E-state index in [0.717, 1.165) is 22.5 Å². The molecule has 0 bridgehead atoms. The molecular weight excluding hydrogens is 614 g/mol. The van der Waals surface area contributed by atoms with Crippen LogP contribution in [0.25, 0.3) is 45.6 Å².